The fourth-order valence-corrected chi connectivity index (χ4v) is 2.89. The Balaban J connectivity index is 2.02. The predicted octanol–water partition coefficient (Wildman–Crippen LogP) is 2.60. The van der Waals surface area contributed by atoms with Gasteiger partial charge in [-0.3, -0.25) is 4.79 Å². The molecule has 0 aliphatic heterocycles. The van der Waals surface area contributed by atoms with Gasteiger partial charge in [0.05, 0.1) is 12.6 Å². The van der Waals surface area contributed by atoms with E-state index in [9.17, 15) is 4.79 Å². The molecule has 0 spiro atoms. The Morgan fingerprint density at radius 1 is 1.42 bits per heavy atom. The molecule has 4 nitrogen and oxygen atoms in total. The third kappa shape index (κ3) is 2.07. The molecule has 1 unspecified atom stereocenters. The molecule has 0 amide bonds. The monoisotopic (exact) mass is 259 g/mol. The van der Waals surface area contributed by atoms with Crippen LogP contribution >= 0.6 is 0 Å². The lowest BCUT2D eigenvalue weighted by molar-refractivity contribution is -0.146. The summed E-state index contributed by atoms with van der Waals surface area (Å²) in [6.45, 7) is 1.47. The summed E-state index contributed by atoms with van der Waals surface area (Å²) in [5, 5.41) is 1.17. The Morgan fingerprint density at radius 3 is 3.00 bits per heavy atom. The minimum Gasteiger partial charge on any atom is -0.495 e. The number of esters is 1. The zero-order valence-electron chi connectivity index (χ0n) is 11.2. The van der Waals surface area contributed by atoms with Gasteiger partial charge in [0.1, 0.15) is 11.9 Å². The Bertz CT molecular complexity index is 630. The van der Waals surface area contributed by atoms with Crippen molar-refractivity contribution in [2.24, 2.45) is 0 Å². The van der Waals surface area contributed by atoms with Crippen LogP contribution in [-0.4, -0.2) is 24.2 Å². The average Bonchev–Trinajstić information content (AvgIpc) is 2.76. The average molecular weight is 259 g/mol. The number of aryl methyl sites for hydroxylation is 1. The minimum atomic E-state index is -0.203. The molecule has 1 aliphatic carbocycles. The van der Waals surface area contributed by atoms with E-state index in [-0.39, 0.29) is 12.1 Å². The second-order valence-corrected chi connectivity index (χ2v) is 4.94. The zero-order valence-corrected chi connectivity index (χ0v) is 11.2. The highest BCUT2D eigenvalue weighted by molar-refractivity contribution is 5.89. The van der Waals surface area contributed by atoms with Gasteiger partial charge in [-0.25, -0.2) is 0 Å². The second-order valence-electron chi connectivity index (χ2n) is 4.94. The van der Waals surface area contributed by atoms with Crippen LogP contribution in [0.25, 0.3) is 10.9 Å². The summed E-state index contributed by atoms with van der Waals surface area (Å²) in [6, 6.07) is 6.03. The van der Waals surface area contributed by atoms with E-state index in [1.807, 2.05) is 12.1 Å². The van der Waals surface area contributed by atoms with Gasteiger partial charge in [-0.2, -0.15) is 0 Å². The number of nitrogens with one attached hydrogen (secondary N) is 1. The minimum absolute atomic E-state index is 0.00444. The lowest BCUT2D eigenvalue weighted by Gasteiger charge is -2.22. The SMILES string of the molecule is COc1cccc2c3c([nH]c12)CCC(OC(C)=O)C3. The summed E-state index contributed by atoms with van der Waals surface area (Å²) in [7, 11) is 1.68. The van der Waals surface area contributed by atoms with Gasteiger partial charge in [-0.1, -0.05) is 12.1 Å². The van der Waals surface area contributed by atoms with Crippen molar-refractivity contribution < 1.29 is 14.3 Å². The zero-order chi connectivity index (χ0) is 13.4. The van der Waals surface area contributed by atoms with Crippen LogP contribution < -0.4 is 4.74 Å². The van der Waals surface area contributed by atoms with Crippen molar-refractivity contribution in [3.05, 3.63) is 29.5 Å². The molecule has 100 valence electrons. The predicted molar refractivity (Wildman–Crippen MR) is 72.4 cm³/mol. The van der Waals surface area contributed by atoms with E-state index in [4.69, 9.17) is 9.47 Å². The van der Waals surface area contributed by atoms with Gasteiger partial charge in [0.25, 0.3) is 0 Å². The number of para-hydroxylation sites is 1. The first-order valence-corrected chi connectivity index (χ1v) is 6.52. The van der Waals surface area contributed by atoms with E-state index < -0.39 is 0 Å². The summed E-state index contributed by atoms with van der Waals surface area (Å²) in [4.78, 5) is 14.5. The number of aromatic nitrogens is 1. The molecule has 4 heteroatoms. The fraction of sp³-hybridized carbons (Fsp3) is 0.400. The molecule has 1 aromatic carbocycles. The van der Waals surface area contributed by atoms with Crippen LogP contribution in [0, 0.1) is 0 Å². The molecule has 2 aromatic rings. The number of hydrogen-bond donors (Lipinski definition) is 1. The van der Waals surface area contributed by atoms with E-state index in [1.165, 1.54) is 23.6 Å². The maximum Gasteiger partial charge on any atom is 0.302 e. The molecule has 1 aromatic heterocycles. The van der Waals surface area contributed by atoms with Crippen molar-refractivity contribution in [2.45, 2.75) is 32.3 Å². The summed E-state index contributed by atoms with van der Waals surface area (Å²) >= 11 is 0. The molecule has 19 heavy (non-hydrogen) atoms. The molecule has 0 fully saturated rings. The third-order valence-corrected chi connectivity index (χ3v) is 3.69. The number of methoxy groups -OCH3 is 1. The molecule has 3 rings (SSSR count). The van der Waals surface area contributed by atoms with E-state index in [0.29, 0.717) is 0 Å². The van der Waals surface area contributed by atoms with Crippen LogP contribution in [0.4, 0.5) is 0 Å². The van der Waals surface area contributed by atoms with Crippen LogP contribution in [0.5, 0.6) is 5.75 Å². The number of aromatic amines is 1. The number of hydrogen-bond acceptors (Lipinski definition) is 3. The molecule has 0 radical (unpaired) electrons. The third-order valence-electron chi connectivity index (χ3n) is 3.69. The van der Waals surface area contributed by atoms with E-state index in [1.54, 1.807) is 7.11 Å². The van der Waals surface area contributed by atoms with Gasteiger partial charge in [-0.05, 0) is 24.5 Å². The first-order chi connectivity index (χ1) is 9.19. The van der Waals surface area contributed by atoms with Crippen LogP contribution in [0.1, 0.15) is 24.6 Å². The number of carbonyl (C=O) groups is 1. The van der Waals surface area contributed by atoms with E-state index >= 15 is 0 Å². The number of rotatable bonds is 2. The topological polar surface area (TPSA) is 51.3 Å². The normalized spacial score (nSPS) is 18.1. The number of ether oxygens (including phenoxy) is 2. The highest BCUT2D eigenvalue weighted by Crippen LogP contribution is 2.34. The smallest absolute Gasteiger partial charge is 0.302 e. The number of benzene rings is 1. The second kappa shape index (κ2) is 4.61. The summed E-state index contributed by atoms with van der Waals surface area (Å²) in [6.07, 6.45) is 2.56. The molecular formula is C15H17NO3. The number of fused-ring (bicyclic) bond motifs is 3. The van der Waals surface area contributed by atoms with Crippen molar-refractivity contribution >= 4 is 16.9 Å². The van der Waals surface area contributed by atoms with Crippen molar-refractivity contribution in [3.63, 3.8) is 0 Å². The molecular weight excluding hydrogens is 242 g/mol. The lowest BCUT2D eigenvalue weighted by Crippen LogP contribution is -2.24. The molecule has 0 bridgehead atoms. The molecule has 1 aliphatic rings. The van der Waals surface area contributed by atoms with Crippen LogP contribution in [0.2, 0.25) is 0 Å². The van der Waals surface area contributed by atoms with E-state index in [2.05, 4.69) is 11.1 Å². The lowest BCUT2D eigenvalue weighted by atomic mass is 9.93. The van der Waals surface area contributed by atoms with E-state index in [0.717, 1.165) is 30.5 Å². The Labute approximate surface area is 111 Å². The molecule has 0 saturated carbocycles. The van der Waals surface area contributed by atoms with Crippen LogP contribution in [0.15, 0.2) is 18.2 Å². The van der Waals surface area contributed by atoms with Crippen LogP contribution in [0.3, 0.4) is 0 Å². The van der Waals surface area contributed by atoms with Crippen molar-refractivity contribution in [1.29, 1.82) is 0 Å². The van der Waals surface area contributed by atoms with Gasteiger partial charge >= 0.3 is 5.97 Å². The first kappa shape index (κ1) is 12.1. The van der Waals surface area contributed by atoms with Crippen molar-refractivity contribution in [1.82, 2.24) is 4.98 Å². The Hall–Kier alpha value is -1.97. The summed E-state index contributed by atoms with van der Waals surface area (Å²) in [5.74, 6) is 0.654. The van der Waals surface area contributed by atoms with Crippen LogP contribution in [-0.2, 0) is 22.4 Å². The first-order valence-electron chi connectivity index (χ1n) is 6.52. The Kier molecular flexibility index (Phi) is 2.93. The Morgan fingerprint density at radius 2 is 2.26 bits per heavy atom. The number of H-pyrrole nitrogens is 1. The number of carbonyl (C=O) groups excluding carboxylic acids is 1. The quantitative estimate of drug-likeness (QED) is 0.843. The van der Waals surface area contributed by atoms with Gasteiger partial charge < -0.3 is 14.5 Å². The summed E-state index contributed by atoms with van der Waals surface area (Å²) < 4.78 is 10.7. The summed E-state index contributed by atoms with van der Waals surface area (Å²) in [5.41, 5.74) is 3.53. The largest absolute Gasteiger partial charge is 0.495 e. The molecule has 1 heterocycles. The van der Waals surface area contributed by atoms with Gasteiger partial charge in [0.2, 0.25) is 0 Å². The fourth-order valence-electron chi connectivity index (χ4n) is 2.89. The highest BCUT2D eigenvalue weighted by atomic mass is 16.5. The standard InChI is InChI=1S/C15H17NO3/c1-9(17)19-10-6-7-13-12(8-10)11-4-3-5-14(18-2)15(11)16-13/h3-5,10,16H,6-8H2,1-2H3. The van der Waals surface area contributed by atoms with Gasteiger partial charge in [-0.15, -0.1) is 0 Å². The maximum atomic E-state index is 11.1. The van der Waals surface area contributed by atoms with Gasteiger partial charge in [0.15, 0.2) is 0 Å². The molecule has 0 saturated heterocycles. The van der Waals surface area contributed by atoms with Crippen molar-refractivity contribution in [3.8, 4) is 5.75 Å². The van der Waals surface area contributed by atoms with Crippen molar-refractivity contribution in [2.75, 3.05) is 7.11 Å². The maximum absolute atomic E-state index is 11.1. The highest BCUT2D eigenvalue weighted by Gasteiger charge is 2.25. The molecule has 1 N–H and O–H groups in total. The molecule has 1 atom stereocenters. The van der Waals surface area contributed by atoms with Gasteiger partial charge in [0, 0.05) is 24.4 Å².